The van der Waals surface area contributed by atoms with Gasteiger partial charge in [0.15, 0.2) is 0 Å². The number of thioether (sulfide) groups is 1. The summed E-state index contributed by atoms with van der Waals surface area (Å²) in [6, 6.07) is 24.6. The number of nitrogens with zero attached hydrogens (tertiary/aromatic N) is 3. The van der Waals surface area contributed by atoms with Gasteiger partial charge in [-0.05, 0) is 67.9 Å². The van der Waals surface area contributed by atoms with Gasteiger partial charge in [0.1, 0.15) is 5.65 Å². The van der Waals surface area contributed by atoms with E-state index in [0.29, 0.717) is 12.1 Å². The number of rotatable bonds is 8. The number of pyridine rings is 1. The Bertz CT molecular complexity index is 1170. The van der Waals surface area contributed by atoms with Crippen LogP contribution in [0.2, 0.25) is 0 Å². The van der Waals surface area contributed by atoms with E-state index in [2.05, 4.69) is 45.7 Å². The fraction of sp³-hybridized carbons (Fsp3) is 0.259. The van der Waals surface area contributed by atoms with Crippen LogP contribution in [0.15, 0.2) is 90.1 Å². The van der Waals surface area contributed by atoms with Crippen molar-refractivity contribution in [2.75, 3.05) is 19.6 Å². The molecule has 1 amide bonds. The molecule has 1 atom stereocenters. The van der Waals surface area contributed by atoms with Gasteiger partial charge in [-0.2, -0.15) is 0 Å². The molecule has 4 aromatic rings. The quantitative estimate of drug-likeness (QED) is 0.371. The molecular weight excluding hydrogens is 428 g/mol. The first-order valence-electron chi connectivity index (χ1n) is 11.5. The monoisotopic (exact) mass is 456 g/mol. The fourth-order valence-corrected chi connectivity index (χ4v) is 5.18. The molecule has 1 N–H and O–H groups in total. The van der Waals surface area contributed by atoms with Gasteiger partial charge >= 0.3 is 0 Å². The lowest BCUT2D eigenvalue weighted by Crippen LogP contribution is -2.36. The molecular formula is C27H28N4OS. The average Bonchev–Trinajstić information content (AvgIpc) is 3.54. The molecule has 168 valence electrons. The summed E-state index contributed by atoms with van der Waals surface area (Å²) in [6.45, 7) is 2.80. The summed E-state index contributed by atoms with van der Waals surface area (Å²) >= 11 is 1.73. The highest BCUT2D eigenvalue weighted by atomic mass is 32.2. The molecule has 6 heteroatoms. The Morgan fingerprint density at radius 3 is 2.48 bits per heavy atom. The van der Waals surface area contributed by atoms with Crippen LogP contribution < -0.4 is 5.32 Å². The van der Waals surface area contributed by atoms with Crippen LogP contribution in [-0.4, -0.2) is 39.8 Å². The maximum atomic E-state index is 12.8. The van der Waals surface area contributed by atoms with Crippen molar-refractivity contribution in [1.29, 1.82) is 0 Å². The molecule has 3 heterocycles. The summed E-state index contributed by atoms with van der Waals surface area (Å²) < 4.78 is 2.04. The molecule has 1 saturated heterocycles. The third kappa shape index (κ3) is 5.29. The smallest absolute Gasteiger partial charge is 0.251 e. The number of hydrogen-bond donors (Lipinski definition) is 1. The van der Waals surface area contributed by atoms with Gasteiger partial charge in [0.25, 0.3) is 5.91 Å². The number of hydrogen-bond acceptors (Lipinski definition) is 4. The van der Waals surface area contributed by atoms with Crippen LogP contribution in [0.3, 0.4) is 0 Å². The molecule has 0 aliphatic carbocycles. The molecule has 2 aromatic heterocycles. The van der Waals surface area contributed by atoms with E-state index >= 15 is 0 Å². The Balaban J connectivity index is 1.18. The summed E-state index contributed by atoms with van der Waals surface area (Å²) in [7, 11) is 0. The van der Waals surface area contributed by atoms with E-state index in [9.17, 15) is 4.79 Å². The Hall–Kier alpha value is -3.09. The molecule has 0 spiro atoms. The number of imidazole rings is 1. The lowest BCUT2D eigenvalue weighted by atomic mass is 10.1. The Labute approximate surface area is 198 Å². The van der Waals surface area contributed by atoms with E-state index in [4.69, 9.17) is 0 Å². The van der Waals surface area contributed by atoms with Crippen LogP contribution in [0.25, 0.3) is 5.65 Å². The molecule has 2 aromatic carbocycles. The number of nitrogens with one attached hydrogen (secondary N) is 1. The van der Waals surface area contributed by atoms with Crippen LogP contribution in [0.4, 0.5) is 0 Å². The average molecular weight is 457 g/mol. The lowest BCUT2D eigenvalue weighted by Gasteiger charge is -2.28. The summed E-state index contributed by atoms with van der Waals surface area (Å²) in [6.07, 6.45) is 6.53. The van der Waals surface area contributed by atoms with E-state index < -0.39 is 0 Å². The highest BCUT2D eigenvalue weighted by Gasteiger charge is 2.24. The van der Waals surface area contributed by atoms with Gasteiger partial charge in [0, 0.05) is 35.2 Å². The van der Waals surface area contributed by atoms with Crippen LogP contribution in [0, 0.1) is 0 Å². The molecule has 0 saturated carbocycles. The largest absolute Gasteiger partial charge is 0.350 e. The van der Waals surface area contributed by atoms with Crippen LogP contribution in [0.1, 0.15) is 40.5 Å². The Morgan fingerprint density at radius 1 is 0.970 bits per heavy atom. The zero-order valence-corrected chi connectivity index (χ0v) is 19.4. The van der Waals surface area contributed by atoms with E-state index in [0.717, 1.165) is 35.1 Å². The summed E-state index contributed by atoms with van der Waals surface area (Å²) in [5.74, 6) is 0.772. The standard InChI is InChI=1S/C27H28N4OS/c32-27(28-18-25(30-15-6-7-16-30)21-8-2-1-3-9-21)22-11-13-24(14-12-22)33-20-23-19-31-17-5-4-10-26(31)29-23/h1-5,8-14,17,19,25H,6-7,15-16,18,20H2,(H,28,32). The number of carbonyl (C=O) groups excluding carboxylic acids is 1. The normalized spacial score (nSPS) is 15.0. The number of fused-ring (bicyclic) bond motifs is 1. The van der Waals surface area contributed by atoms with Gasteiger partial charge in [-0.1, -0.05) is 36.4 Å². The summed E-state index contributed by atoms with van der Waals surface area (Å²) in [5.41, 5.74) is 3.96. The maximum absolute atomic E-state index is 12.8. The fourth-order valence-electron chi connectivity index (χ4n) is 4.39. The van der Waals surface area contributed by atoms with Crippen LogP contribution in [0.5, 0.6) is 0 Å². The Kier molecular flexibility index (Phi) is 6.74. The molecule has 1 unspecified atom stereocenters. The zero-order chi connectivity index (χ0) is 22.5. The second kappa shape index (κ2) is 10.2. The maximum Gasteiger partial charge on any atom is 0.251 e. The minimum atomic E-state index is -0.0213. The predicted octanol–water partition coefficient (Wildman–Crippen LogP) is 5.19. The first-order chi connectivity index (χ1) is 16.3. The minimum Gasteiger partial charge on any atom is -0.350 e. The topological polar surface area (TPSA) is 49.6 Å². The van der Waals surface area contributed by atoms with Gasteiger partial charge in [-0.15, -0.1) is 11.8 Å². The second-order valence-electron chi connectivity index (χ2n) is 8.39. The van der Waals surface area contributed by atoms with E-state index in [1.54, 1.807) is 11.8 Å². The Morgan fingerprint density at radius 2 is 1.73 bits per heavy atom. The number of carbonyl (C=O) groups is 1. The molecule has 33 heavy (non-hydrogen) atoms. The van der Waals surface area contributed by atoms with Crippen molar-refractivity contribution in [1.82, 2.24) is 19.6 Å². The SMILES string of the molecule is O=C(NCC(c1ccccc1)N1CCCC1)c1ccc(SCc2cn3ccccc3n2)cc1. The molecule has 5 nitrogen and oxygen atoms in total. The van der Waals surface area contributed by atoms with Crippen molar-refractivity contribution >= 4 is 23.3 Å². The number of amides is 1. The van der Waals surface area contributed by atoms with E-state index in [-0.39, 0.29) is 11.9 Å². The molecule has 0 bridgehead atoms. The van der Waals surface area contributed by atoms with Gasteiger partial charge in [-0.3, -0.25) is 9.69 Å². The van der Waals surface area contributed by atoms with Gasteiger partial charge in [0.05, 0.1) is 11.7 Å². The van der Waals surface area contributed by atoms with Crippen molar-refractivity contribution in [2.24, 2.45) is 0 Å². The first kappa shape index (κ1) is 21.7. The molecule has 0 radical (unpaired) electrons. The second-order valence-corrected chi connectivity index (χ2v) is 9.44. The highest BCUT2D eigenvalue weighted by Crippen LogP contribution is 2.25. The van der Waals surface area contributed by atoms with Gasteiger partial charge in [0.2, 0.25) is 0 Å². The van der Waals surface area contributed by atoms with E-state index in [1.165, 1.54) is 18.4 Å². The van der Waals surface area contributed by atoms with Gasteiger partial charge < -0.3 is 9.72 Å². The minimum absolute atomic E-state index is 0.0213. The lowest BCUT2D eigenvalue weighted by molar-refractivity contribution is 0.0938. The summed E-state index contributed by atoms with van der Waals surface area (Å²) in [4.78, 5) is 21.1. The third-order valence-electron chi connectivity index (χ3n) is 6.14. The molecule has 1 aliphatic rings. The van der Waals surface area contributed by atoms with Crippen molar-refractivity contribution in [3.63, 3.8) is 0 Å². The highest BCUT2D eigenvalue weighted by molar-refractivity contribution is 7.98. The van der Waals surface area contributed by atoms with Crippen molar-refractivity contribution in [3.05, 3.63) is 102 Å². The zero-order valence-electron chi connectivity index (χ0n) is 18.6. The van der Waals surface area contributed by atoms with Crippen molar-refractivity contribution < 1.29 is 4.79 Å². The van der Waals surface area contributed by atoms with Crippen LogP contribution in [-0.2, 0) is 5.75 Å². The van der Waals surface area contributed by atoms with Gasteiger partial charge in [-0.25, -0.2) is 4.98 Å². The van der Waals surface area contributed by atoms with Crippen molar-refractivity contribution in [3.8, 4) is 0 Å². The predicted molar refractivity (Wildman–Crippen MR) is 134 cm³/mol. The van der Waals surface area contributed by atoms with E-state index in [1.807, 2.05) is 59.1 Å². The molecule has 1 aliphatic heterocycles. The number of benzene rings is 2. The van der Waals surface area contributed by atoms with Crippen molar-refractivity contribution in [2.45, 2.75) is 29.5 Å². The molecule has 1 fully saturated rings. The van der Waals surface area contributed by atoms with Crippen LogP contribution >= 0.6 is 11.8 Å². The number of aromatic nitrogens is 2. The summed E-state index contributed by atoms with van der Waals surface area (Å²) in [5, 5.41) is 3.17. The third-order valence-corrected chi connectivity index (χ3v) is 7.18. The first-order valence-corrected chi connectivity index (χ1v) is 12.5. The molecule has 5 rings (SSSR count). The number of likely N-dealkylation sites (tertiary alicyclic amines) is 1.